The Morgan fingerprint density at radius 1 is 1.50 bits per heavy atom. The van der Waals surface area contributed by atoms with E-state index in [4.69, 9.17) is 16.7 Å². The predicted molar refractivity (Wildman–Crippen MR) is 53.0 cm³/mol. The van der Waals surface area contributed by atoms with Crippen molar-refractivity contribution in [3.63, 3.8) is 0 Å². The molecule has 6 heteroatoms. The van der Waals surface area contributed by atoms with Gasteiger partial charge in [-0.15, -0.1) is 0 Å². The largest absolute Gasteiger partial charge is 0.396 e. The lowest BCUT2D eigenvalue weighted by atomic mass is 10.5. The Hall–Kier alpha value is -0.650. The van der Waals surface area contributed by atoms with Gasteiger partial charge in [0.2, 0.25) is 0 Å². The predicted octanol–water partition coefficient (Wildman–Crippen LogP) is 0.891. The Morgan fingerprint density at radius 3 is 2.79 bits per heavy atom. The number of pyridine rings is 1. The summed E-state index contributed by atoms with van der Waals surface area (Å²) in [4.78, 5) is 3.70. The Labute approximate surface area is 87.5 Å². The van der Waals surface area contributed by atoms with Crippen LogP contribution in [-0.4, -0.2) is 30.9 Å². The summed E-state index contributed by atoms with van der Waals surface area (Å²) in [6.45, 7) is -0.163. The second-order valence-corrected chi connectivity index (χ2v) is 5.12. The van der Waals surface area contributed by atoms with Gasteiger partial charge in [0.1, 0.15) is 0 Å². The van der Waals surface area contributed by atoms with E-state index in [1.54, 1.807) is 6.07 Å². The van der Waals surface area contributed by atoms with Gasteiger partial charge in [-0.25, -0.2) is 13.4 Å². The van der Waals surface area contributed by atoms with Gasteiger partial charge in [0, 0.05) is 12.8 Å². The molecule has 1 aromatic heterocycles. The van der Waals surface area contributed by atoms with Crippen molar-refractivity contribution in [1.29, 1.82) is 0 Å². The van der Waals surface area contributed by atoms with Gasteiger partial charge in [-0.1, -0.05) is 11.6 Å². The molecule has 0 aliphatic rings. The van der Waals surface area contributed by atoms with Crippen LogP contribution in [0.4, 0.5) is 0 Å². The van der Waals surface area contributed by atoms with E-state index in [2.05, 4.69) is 4.98 Å². The van der Waals surface area contributed by atoms with E-state index in [0.717, 1.165) is 0 Å². The van der Waals surface area contributed by atoms with Crippen molar-refractivity contribution in [3.05, 3.63) is 23.4 Å². The zero-order valence-corrected chi connectivity index (χ0v) is 8.92. The van der Waals surface area contributed by atoms with Crippen molar-refractivity contribution < 1.29 is 13.5 Å². The molecule has 0 fully saturated rings. The first-order chi connectivity index (χ1) is 6.58. The van der Waals surface area contributed by atoms with Crippen LogP contribution in [0.3, 0.4) is 0 Å². The Kier molecular flexibility index (Phi) is 3.86. The van der Waals surface area contributed by atoms with Crippen molar-refractivity contribution in [2.45, 2.75) is 11.4 Å². The molecule has 0 amide bonds. The van der Waals surface area contributed by atoms with Gasteiger partial charge in [-0.05, 0) is 18.6 Å². The minimum atomic E-state index is -3.46. The van der Waals surface area contributed by atoms with Crippen molar-refractivity contribution in [1.82, 2.24) is 4.98 Å². The lowest BCUT2D eigenvalue weighted by Gasteiger charge is -2.03. The summed E-state index contributed by atoms with van der Waals surface area (Å²) >= 11 is 5.68. The summed E-state index contributed by atoms with van der Waals surface area (Å²) < 4.78 is 23.1. The van der Waals surface area contributed by atoms with Gasteiger partial charge >= 0.3 is 0 Å². The average molecular weight is 236 g/mol. The number of nitrogens with zero attached hydrogens (tertiary/aromatic N) is 1. The minimum absolute atomic E-state index is 0.116. The fourth-order valence-corrected chi connectivity index (χ4v) is 2.71. The highest BCUT2D eigenvalue weighted by Crippen LogP contribution is 2.19. The fraction of sp³-hybridized carbons (Fsp3) is 0.375. The Balaban J connectivity index is 2.99. The molecule has 4 nitrogen and oxygen atoms in total. The maximum absolute atomic E-state index is 11.6. The molecule has 0 atom stereocenters. The highest BCUT2D eigenvalue weighted by atomic mass is 35.5. The fourth-order valence-electron chi connectivity index (χ4n) is 0.951. The molecule has 0 aliphatic carbocycles. The van der Waals surface area contributed by atoms with Crippen LogP contribution in [0.25, 0.3) is 0 Å². The molecular formula is C8H10ClNO3S. The van der Waals surface area contributed by atoms with E-state index >= 15 is 0 Å². The number of hydrogen-bond donors (Lipinski definition) is 1. The third-order valence-electron chi connectivity index (χ3n) is 1.59. The van der Waals surface area contributed by atoms with Crippen LogP contribution < -0.4 is 0 Å². The number of aliphatic hydroxyl groups is 1. The van der Waals surface area contributed by atoms with Crippen LogP contribution in [0, 0.1) is 0 Å². The number of sulfone groups is 1. The van der Waals surface area contributed by atoms with Gasteiger partial charge in [-0.3, -0.25) is 0 Å². The minimum Gasteiger partial charge on any atom is -0.396 e. The van der Waals surface area contributed by atoms with E-state index in [1.165, 1.54) is 12.3 Å². The first-order valence-electron chi connectivity index (χ1n) is 4.02. The number of halogens is 1. The molecule has 1 rings (SSSR count). The lowest BCUT2D eigenvalue weighted by molar-refractivity contribution is 0.295. The normalized spacial score (nSPS) is 11.6. The number of rotatable bonds is 4. The smallest absolute Gasteiger partial charge is 0.197 e. The van der Waals surface area contributed by atoms with Crippen LogP contribution in [0.5, 0.6) is 0 Å². The van der Waals surface area contributed by atoms with Crippen LogP contribution in [0.1, 0.15) is 6.42 Å². The molecule has 0 aromatic carbocycles. The molecule has 14 heavy (non-hydrogen) atoms. The van der Waals surface area contributed by atoms with E-state index in [-0.39, 0.29) is 28.8 Å². The SMILES string of the molecule is O=S(=O)(CCCO)c1ncccc1Cl. The van der Waals surface area contributed by atoms with Crippen LogP contribution in [-0.2, 0) is 9.84 Å². The lowest BCUT2D eigenvalue weighted by Crippen LogP contribution is -2.10. The van der Waals surface area contributed by atoms with Gasteiger partial charge in [0.15, 0.2) is 14.9 Å². The summed E-state index contributed by atoms with van der Waals surface area (Å²) in [7, 11) is -3.46. The van der Waals surface area contributed by atoms with Gasteiger partial charge < -0.3 is 5.11 Å². The summed E-state index contributed by atoms with van der Waals surface area (Å²) in [5.41, 5.74) is 0. The van der Waals surface area contributed by atoms with E-state index in [1.807, 2.05) is 0 Å². The van der Waals surface area contributed by atoms with Gasteiger partial charge in [-0.2, -0.15) is 0 Å². The van der Waals surface area contributed by atoms with E-state index in [0.29, 0.717) is 0 Å². The third kappa shape index (κ3) is 2.67. The quantitative estimate of drug-likeness (QED) is 0.842. The van der Waals surface area contributed by atoms with Gasteiger partial charge in [0.05, 0.1) is 10.8 Å². The topological polar surface area (TPSA) is 67.3 Å². The van der Waals surface area contributed by atoms with Crippen LogP contribution in [0.15, 0.2) is 23.4 Å². The molecule has 0 saturated heterocycles. The highest BCUT2D eigenvalue weighted by Gasteiger charge is 2.18. The summed E-state index contributed by atoms with van der Waals surface area (Å²) in [6, 6.07) is 3.04. The maximum Gasteiger partial charge on any atom is 0.197 e. The monoisotopic (exact) mass is 235 g/mol. The molecule has 0 bridgehead atoms. The molecular weight excluding hydrogens is 226 g/mol. The summed E-state index contributed by atoms with van der Waals surface area (Å²) in [5.74, 6) is -0.139. The first-order valence-corrected chi connectivity index (χ1v) is 6.05. The summed E-state index contributed by atoms with van der Waals surface area (Å²) in [6.07, 6.45) is 1.56. The molecule has 1 aromatic rings. The Bertz CT molecular complexity index is 405. The highest BCUT2D eigenvalue weighted by molar-refractivity contribution is 7.91. The molecule has 1 N–H and O–H groups in total. The zero-order chi connectivity index (χ0) is 10.6. The standard InChI is InChI=1S/C8H10ClNO3S/c9-7-3-1-4-10-8(7)14(12,13)6-2-5-11/h1,3-4,11H,2,5-6H2. The van der Waals surface area contributed by atoms with Gasteiger partial charge in [0.25, 0.3) is 0 Å². The van der Waals surface area contributed by atoms with E-state index < -0.39 is 9.84 Å². The molecule has 0 saturated carbocycles. The average Bonchev–Trinajstić information content (AvgIpc) is 2.15. The zero-order valence-electron chi connectivity index (χ0n) is 7.35. The van der Waals surface area contributed by atoms with Crippen molar-refractivity contribution in [2.75, 3.05) is 12.4 Å². The molecule has 0 unspecified atom stereocenters. The second-order valence-electron chi connectivity index (χ2n) is 2.69. The van der Waals surface area contributed by atoms with Crippen molar-refractivity contribution in [3.8, 4) is 0 Å². The van der Waals surface area contributed by atoms with Crippen LogP contribution >= 0.6 is 11.6 Å². The first kappa shape index (κ1) is 11.4. The molecule has 0 spiro atoms. The molecule has 78 valence electrons. The summed E-state index contributed by atoms with van der Waals surface area (Å²) in [5, 5.41) is 8.53. The molecule has 0 aliphatic heterocycles. The van der Waals surface area contributed by atoms with Crippen LogP contribution in [0.2, 0.25) is 5.02 Å². The Morgan fingerprint density at radius 2 is 2.21 bits per heavy atom. The van der Waals surface area contributed by atoms with Crippen molar-refractivity contribution in [2.24, 2.45) is 0 Å². The molecule has 1 heterocycles. The maximum atomic E-state index is 11.6. The number of aliphatic hydroxyl groups excluding tert-OH is 1. The molecule has 0 radical (unpaired) electrons. The van der Waals surface area contributed by atoms with Crippen molar-refractivity contribution >= 4 is 21.4 Å². The number of aromatic nitrogens is 1. The number of hydrogen-bond acceptors (Lipinski definition) is 4. The third-order valence-corrected chi connectivity index (χ3v) is 3.75. The van der Waals surface area contributed by atoms with E-state index in [9.17, 15) is 8.42 Å². The second kappa shape index (κ2) is 4.72.